The van der Waals surface area contributed by atoms with E-state index in [-0.39, 0.29) is 24.1 Å². The molecule has 3 heterocycles. The molecule has 0 spiro atoms. The predicted molar refractivity (Wildman–Crippen MR) is 100 cm³/mol. The number of nitrogens with zero attached hydrogens (tertiary/aromatic N) is 3. The Balaban J connectivity index is 1.53. The molecule has 3 aromatic rings. The Labute approximate surface area is 159 Å². The second kappa shape index (κ2) is 7.24. The Kier molecular flexibility index (Phi) is 4.64. The molecule has 7 nitrogen and oxygen atoms in total. The van der Waals surface area contributed by atoms with Gasteiger partial charge in [0.15, 0.2) is 0 Å². The van der Waals surface area contributed by atoms with Gasteiger partial charge >= 0.3 is 0 Å². The number of thiophene rings is 1. The van der Waals surface area contributed by atoms with E-state index in [0.717, 1.165) is 10.6 Å². The van der Waals surface area contributed by atoms with Crippen molar-refractivity contribution in [2.45, 2.75) is 19.1 Å². The average molecular weight is 382 g/mol. The zero-order valence-electron chi connectivity index (χ0n) is 14.4. The standard InChI is InChI=1S/C19H18N4O3S/c24-15-4-1-3-13(9-15)19(26)22-11-14-6-7-21-23(14)17(12-22)18(25)20-10-16-5-2-8-27-16/h1-9,17,24H,10-12H2,(H,20,25)/t17-/m0/s1. The summed E-state index contributed by atoms with van der Waals surface area (Å²) in [6.07, 6.45) is 1.64. The largest absolute Gasteiger partial charge is 0.508 e. The monoisotopic (exact) mass is 382 g/mol. The van der Waals surface area contributed by atoms with Crippen LogP contribution in [0.2, 0.25) is 0 Å². The maximum Gasteiger partial charge on any atom is 0.254 e. The molecule has 1 aliphatic heterocycles. The molecule has 4 rings (SSSR count). The molecule has 0 fully saturated rings. The molecule has 8 heteroatoms. The van der Waals surface area contributed by atoms with Crippen molar-refractivity contribution >= 4 is 23.2 Å². The first-order valence-corrected chi connectivity index (χ1v) is 9.40. The zero-order chi connectivity index (χ0) is 18.8. The number of aromatic hydroxyl groups is 1. The number of fused-ring (bicyclic) bond motifs is 1. The SMILES string of the molecule is O=C(NCc1cccs1)[C@@H]1CN(C(=O)c2cccc(O)c2)Cc2ccnn21. The van der Waals surface area contributed by atoms with Gasteiger partial charge in [0.25, 0.3) is 5.91 Å². The van der Waals surface area contributed by atoms with E-state index in [2.05, 4.69) is 10.4 Å². The third kappa shape index (κ3) is 3.56. The van der Waals surface area contributed by atoms with Crippen LogP contribution in [0.4, 0.5) is 0 Å². The Morgan fingerprint density at radius 2 is 2.15 bits per heavy atom. The summed E-state index contributed by atoms with van der Waals surface area (Å²) in [4.78, 5) is 28.3. The lowest BCUT2D eigenvalue weighted by molar-refractivity contribution is -0.125. The van der Waals surface area contributed by atoms with Gasteiger partial charge in [0.2, 0.25) is 5.91 Å². The molecule has 2 N–H and O–H groups in total. The first-order chi connectivity index (χ1) is 13.1. The van der Waals surface area contributed by atoms with Crippen molar-refractivity contribution in [3.05, 3.63) is 70.2 Å². The molecule has 0 bridgehead atoms. The number of carbonyl (C=O) groups excluding carboxylic acids is 2. The lowest BCUT2D eigenvalue weighted by Gasteiger charge is -2.33. The van der Waals surface area contributed by atoms with E-state index in [1.54, 1.807) is 45.3 Å². The predicted octanol–water partition coefficient (Wildman–Crippen LogP) is 2.16. The van der Waals surface area contributed by atoms with Crippen LogP contribution < -0.4 is 5.32 Å². The van der Waals surface area contributed by atoms with Crippen LogP contribution in [0.3, 0.4) is 0 Å². The highest BCUT2D eigenvalue weighted by atomic mass is 32.1. The van der Waals surface area contributed by atoms with E-state index in [4.69, 9.17) is 0 Å². The molecule has 0 saturated carbocycles. The number of rotatable bonds is 4. The summed E-state index contributed by atoms with van der Waals surface area (Å²) in [5.41, 5.74) is 1.19. The second-order valence-electron chi connectivity index (χ2n) is 6.32. The van der Waals surface area contributed by atoms with Gasteiger partial charge in [0, 0.05) is 16.6 Å². The number of amides is 2. The molecule has 1 aromatic carbocycles. The van der Waals surface area contributed by atoms with Crippen molar-refractivity contribution in [1.82, 2.24) is 20.0 Å². The zero-order valence-corrected chi connectivity index (χ0v) is 15.2. The molecular formula is C19H18N4O3S. The van der Waals surface area contributed by atoms with Crippen molar-refractivity contribution < 1.29 is 14.7 Å². The molecule has 138 valence electrons. The van der Waals surface area contributed by atoms with Crippen LogP contribution in [0.1, 0.15) is 27.0 Å². The van der Waals surface area contributed by atoms with E-state index < -0.39 is 6.04 Å². The molecule has 2 amide bonds. The van der Waals surface area contributed by atoms with Gasteiger partial charge in [-0.3, -0.25) is 14.3 Å². The van der Waals surface area contributed by atoms with Crippen LogP contribution in [0.5, 0.6) is 5.75 Å². The van der Waals surface area contributed by atoms with Crippen LogP contribution in [-0.4, -0.2) is 38.1 Å². The quantitative estimate of drug-likeness (QED) is 0.724. The highest BCUT2D eigenvalue weighted by molar-refractivity contribution is 7.09. The maximum atomic E-state index is 12.9. The van der Waals surface area contributed by atoms with Gasteiger partial charge in [0.05, 0.1) is 25.3 Å². The molecule has 0 radical (unpaired) electrons. The van der Waals surface area contributed by atoms with Gasteiger partial charge in [-0.05, 0) is 35.7 Å². The van der Waals surface area contributed by atoms with Gasteiger partial charge < -0.3 is 15.3 Å². The lowest BCUT2D eigenvalue weighted by atomic mass is 10.1. The van der Waals surface area contributed by atoms with E-state index in [1.165, 1.54) is 12.1 Å². The van der Waals surface area contributed by atoms with Crippen molar-refractivity contribution in [3.8, 4) is 5.75 Å². The average Bonchev–Trinajstić information content (AvgIpc) is 3.36. The first-order valence-electron chi connectivity index (χ1n) is 8.52. The number of benzene rings is 1. The molecule has 27 heavy (non-hydrogen) atoms. The summed E-state index contributed by atoms with van der Waals surface area (Å²) in [5, 5.41) is 18.8. The molecule has 2 aromatic heterocycles. The van der Waals surface area contributed by atoms with Crippen LogP contribution in [0, 0.1) is 0 Å². The molecule has 1 atom stereocenters. The fourth-order valence-electron chi connectivity index (χ4n) is 3.17. The van der Waals surface area contributed by atoms with Gasteiger partial charge in [-0.2, -0.15) is 5.10 Å². The van der Waals surface area contributed by atoms with Gasteiger partial charge in [-0.25, -0.2) is 0 Å². The smallest absolute Gasteiger partial charge is 0.254 e. The normalized spacial score (nSPS) is 16.0. The van der Waals surface area contributed by atoms with Crippen LogP contribution in [0.25, 0.3) is 0 Å². The summed E-state index contributed by atoms with van der Waals surface area (Å²) in [5.74, 6) is -0.371. The number of phenolic OH excluding ortho intramolecular Hbond substituents is 1. The van der Waals surface area contributed by atoms with Crippen molar-refractivity contribution in [2.24, 2.45) is 0 Å². The van der Waals surface area contributed by atoms with Crippen LogP contribution >= 0.6 is 11.3 Å². The minimum Gasteiger partial charge on any atom is -0.508 e. The summed E-state index contributed by atoms with van der Waals surface area (Å²) >= 11 is 1.58. The number of hydrogen-bond acceptors (Lipinski definition) is 5. The summed E-state index contributed by atoms with van der Waals surface area (Å²) < 4.78 is 1.68. The summed E-state index contributed by atoms with van der Waals surface area (Å²) in [6.45, 7) is 1.03. The Bertz CT molecular complexity index is 967. The number of hydrogen-bond donors (Lipinski definition) is 2. The Morgan fingerprint density at radius 3 is 2.93 bits per heavy atom. The van der Waals surface area contributed by atoms with E-state index >= 15 is 0 Å². The molecular weight excluding hydrogens is 364 g/mol. The minimum atomic E-state index is -0.593. The second-order valence-corrected chi connectivity index (χ2v) is 7.35. The molecule has 0 saturated heterocycles. The summed E-state index contributed by atoms with van der Waals surface area (Å²) in [6, 6.07) is 11.3. The minimum absolute atomic E-state index is 0.0353. The molecule has 1 aliphatic rings. The topological polar surface area (TPSA) is 87.5 Å². The number of carbonyl (C=O) groups is 2. The van der Waals surface area contributed by atoms with Crippen molar-refractivity contribution in [2.75, 3.05) is 6.54 Å². The first kappa shape index (κ1) is 17.3. The fourth-order valence-corrected chi connectivity index (χ4v) is 3.81. The van der Waals surface area contributed by atoms with E-state index in [1.807, 2.05) is 17.5 Å². The van der Waals surface area contributed by atoms with Crippen LogP contribution in [-0.2, 0) is 17.9 Å². The lowest BCUT2D eigenvalue weighted by Crippen LogP contribution is -2.46. The van der Waals surface area contributed by atoms with Crippen molar-refractivity contribution in [1.29, 1.82) is 0 Å². The van der Waals surface area contributed by atoms with E-state index in [0.29, 0.717) is 18.7 Å². The van der Waals surface area contributed by atoms with E-state index in [9.17, 15) is 14.7 Å². The fraction of sp³-hybridized carbons (Fsp3) is 0.211. The molecule has 0 aliphatic carbocycles. The van der Waals surface area contributed by atoms with Gasteiger partial charge in [-0.15, -0.1) is 11.3 Å². The third-order valence-corrected chi connectivity index (χ3v) is 5.37. The highest BCUT2D eigenvalue weighted by Crippen LogP contribution is 2.23. The number of nitrogens with one attached hydrogen (secondary N) is 1. The van der Waals surface area contributed by atoms with Gasteiger partial charge in [-0.1, -0.05) is 12.1 Å². The number of phenols is 1. The maximum absolute atomic E-state index is 12.9. The number of aromatic nitrogens is 2. The van der Waals surface area contributed by atoms with Crippen LogP contribution in [0.15, 0.2) is 54.0 Å². The Hall–Kier alpha value is -3.13. The summed E-state index contributed by atoms with van der Waals surface area (Å²) in [7, 11) is 0. The highest BCUT2D eigenvalue weighted by Gasteiger charge is 2.33. The van der Waals surface area contributed by atoms with Crippen molar-refractivity contribution in [3.63, 3.8) is 0 Å². The third-order valence-electron chi connectivity index (χ3n) is 4.49. The Morgan fingerprint density at radius 1 is 1.26 bits per heavy atom. The molecule has 0 unspecified atom stereocenters. The van der Waals surface area contributed by atoms with Gasteiger partial charge in [0.1, 0.15) is 11.8 Å².